The highest BCUT2D eigenvalue weighted by atomic mass is 19.1. The van der Waals surface area contributed by atoms with Crippen LogP contribution in [0.25, 0.3) is 11.3 Å². The molecule has 0 saturated carbocycles. The lowest BCUT2D eigenvalue weighted by atomic mass is 10.1. The number of ether oxygens (including phenoxy) is 1. The molecule has 27 heavy (non-hydrogen) atoms. The number of fused-ring (bicyclic) bond motifs is 1. The van der Waals surface area contributed by atoms with Gasteiger partial charge in [-0.1, -0.05) is 6.07 Å². The van der Waals surface area contributed by atoms with Crippen LogP contribution in [-0.2, 0) is 6.42 Å². The maximum atomic E-state index is 14.1. The molecule has 3 heterocycles. The number of amides is 1. The number of aromatic amines is 2. The number of methoxy groups -OCH3 is 1. The number of halogens is 1. The van der Waals surface area contributed by atoms with Gasteiger partial charge >= 0.3 is 0 Å². The van der Waals surface area contributed by atoms with Crippen molar-refractivity contribution >= 4 is 17.3 Å². The molecule has 0 unspecified atom stereocenters. The van der Waals surface area contributed by atoms with Gasteiger partial charge in [-0.25, -0.2) is 4.39 Å². The largest absolute Gasteiger partial charge is 0.492 e. The zero-order valence-corrected chi connectivity index (χ0v) is 14.5. The molecular weight excluding hydrogens is 351 g/mol. The van der Waals surface area contributed by atoms with Crippen molar-refractivity contribution in [1.82, 2.24) is 15.3 Å². The number of para-hydroxylation sites is 1. The Morgan fingerprint density at radius 3 is 2.78 bits per heavy atom. The first-order valence-corrected chi connectivity index (χ1v) is 8.40. The van der Waals surface area contributed by atoms with Gasteiger partial charge in [0.1, 0.15) is 0 Å². The third kappa shape index (κ3) is 2.95. The summed E-state index contributed by atoms with van der Waals surface area (Å²) < 4.78 is 19.2. The second kappa shape index (κ2) is 6.64. The number of H-pyrrole nitrogens is 2. The van der Waals surface area contributed by atoms with E-state index >= 15 is 0 Å². The maximum absolute atomic E-state index is 14.1. The molecule has 8 heteroatoms. The minimum absolute atomic E-state index is 0.0519. The predicted molar refractivity (Wildman–Crippen MR) is 99.1 cm³/mol. The van der Waals surface area contributed by atoms with Gasteiger partial charge in [-0.3, -0.25) is 9.59 Å². The molecule has 3 aromatic rings. The number of carbonyl (C=O) groups excluding carboxylic acids is 1. The molecule has 0 radical (unpaired) electrons. The number of rotatable bonds is 4. The number of hydrogen-bond acceptors (Lipinski definition) is 4. The number of pyridine rings is 1. The van der Waals surface area contributed by atoms with Crippen LogP contribution in [0, 0.1) is 5.82 Å². The third-order valence-corrected chi connectivity index (χ3v) is 4.47. The lowest BCUT2D eigenvalue weighted by Crippen LogP contribution is -2.31. The molecule has 1 aliphatic heterocycles. The van der Waals surface area contributed by atoms with Gasteiger partial charge in [0.05, 0.1) is 29.7 Å². The van der Waals surface area contributed by atoms with Crippen LogP contribution in [-0.4, -0.2) is 29.5 Å². The third-order valence-electron chi connectivity index (χ3n) is 4.47. The smallest absolute Gasteiger partial charge is 0.255 e. The van der Waals surface area contributed by atoms with E-state index in [1.165, 1.54) is 19.2 Å². The quantitative estimate of drug-likeness (QED) is 0.569. The average molecular weight is 368 g/mol. The summed E-state index contributed by atoms with van der Waals surface area (Å²) in [6.45, 7) is 0.528. The Balaban J connectivity index is 1.89. The number of aromatic nitrogens is 2. The fraction of sp³-hybridized carbons (Fsp3) is 0.158. The molecule has 0 aliphatic carbocycles. The second-order valence-corrected chi connectivity index (χ2v) is 6.12. The first-order valence-electron chi connectivity index (χ1n) is 8.40. The van der Waals surface area contributed by atoms with E-state index in [1.54, 1.807) is 24.4 Å². The molecule has 1 aromatic carbocycles. The van der Waals surface area contributed by atoms with Gasteiger partial charge in [0.2, 0.25) is 5.56 Å². The van der Waals surface area contributed by atoms with Crippen LogP contribution in [0.3, 0.4) is 0 Å². The zero-order chi connectivity index (χ0) is 19.0. The summed E-state index contributed by atoms with van der Waals surface area (Å²) in [6.07, 6.45) is 2.20. The molecule has 2 aromatic heterocycles. The van der Waals surface area contributed by atoms with Gasteiger partial charge in [0.25, 0.3) is 5.91 Å². The standard InChI is InChI=1S/C19H17FN4O3/c1-27-18-11(20)3-2-4-13(18)24-17-15-12(7-8-21-19(15)26)23-16(17)10-5-6-14(25)22-9-10/h2-6,9,23-24H,7-8H2,1H3,(H,21,26)(H,22,25). The Kier molecular flexibility index (Phi) is 4.15. The topological polar surface area (TPSA) is 99.0 Å². The van der Waals surface area contributed by atoms with Crippen LogP contribution in [0.5, 0.6) is 5.75 Å². The van der Waals surface area contributed by atoms with Crippen LogP contribution in [0.15, 0.2) is 41.3 Å². The number of nitrogens with one attached hydrogen (secondary N) is 4. The summed E-state index contributed by atoms with van der Waals surface area (Å²) in [7, 11) is 1.38. The van der Waals surface area contributed by atoms with Crippen LogP contribution in [0.2, 0.25) is 0 Å². The molecule has 1 amide bonds. The van der Waals surface area contributed by atoms with E-state index in [4.69, 9.17) is 4.74 Å². The molecule has 4 N–H and O–H groups in total. The van der Waals surface area contributed by atoms with Crippen molar-refractivity contribution in [3.05, 3.63) is 64.0 Å². The Morgan fingerprint density at radius 2 is 2.04 bits per heavy atom. The fourth-order valence-electron chi connectivity index (χ4n) is 3.24. The average Bonchev–Trinajstić information content (AvgIpc) is 3.02. The summed E-state index contributed by atoms with van der Waals surface area (Å²) >= 11 is 0. The van der Waals surface area contributed by atoms with E-state index in [9.17, 15) is 14.0 Å². The summed E-state index contributed by atoms with van der Waals surface area (Å²) in [5.74, 6) is -0.681. The summed E-state index contributed by atoms with van der Waals surface area (Å²) in [6, 6.07) is 7.58. The monoisotopic (exact) mass is 368 g/mol. The molecule has 0 spiro atoms. The Bertz CT molecular complexity index is 1070. The number of hydrogen-bond donors (Lipinski definition) is 4. The summed E-state index contributed by atoms with van der Waals surface area (Å²) in [5, 5.41) is 5.95. The highest BCUT2D eigenvalue weighted by Gasteiger charge is 2.27. The van der Waals surface area contributed by atoms with E-state index in [1.807, 2.05) is 0 Å². The normalized spacial score (nSPS) is 13.0. The maximum Gasteiger partial charge on any atom is 0.255 e. The molecule has 0 atom stereocenters. The number of carbonyl (C=O) groups is 1. The van der Waals surface area contributed by atoms with E-state index in [0.717, 1.165) is 5.69 Å². The lowest BCUT2D eigenvalue weighted by Gasteiger charge is -2.16. The van der Waals surface area contributed by atoms with Gasteiger partial charge in [-0.15, -0.1) is 0 Å². The van der Waals surface area contributed by atoms with Crippen molar-refractivity contribution in [1.29, 1.82) is 0 Å². The Morgan fingerprint density at radius 1 is 1.19 bits per heavy atom. The minimum atomic E-state index is -0.512. The SMILES string of the molecule is COc1c(F)cccc1Nc1c(-c2ccc(=O)[nH]c2)[nH]c2c1C(=O)NCC2. The molecule has 0 saturated heterocycles. The Hall–Kier alpha value is -3.55. The van der Waals surface area contributed by atoms with Crippen LogP contribution in [0.1, 0.15) is 16.1 Å². The van der Waals surface area contributed by atoms with Crippen molar-refractivity contribution in [3.8, 4) is 17.0 Å². The van der Waals surface area contributed by atoms with E-state index in [0.29, 0.717) is 41.2 Å². The van der Waals surface area contributed by atoms with Gasteiger partial charge < -0.3 is 25.3 Å². The van der Waals surface area contributed by atoms with Crippen LogP contribution >= 0.6 is 0 Å². The lowest BCUT2D eigenvalue weighted by molar-refractivity contribution is 0.0947. The van der Waals surface area contributed by atoms with E-state index < -0.39 is 5.82 Å². The highest BCUT2D eigenvalue weighted by Crippen LogP contribution is 2.39. The van der Waals surface area contributed by atoms with Crippen molar-refractivity contribution in [2.75, 3.05) is 19.0 Å². The predicted octanol–water partition coefficient (Wildman–Crippen LogP) is 2.55. The van der Waals surface area contributed by atoms with Crippen molar-refractivity contribution in [2.45, 2.75) is 6.42 Å². The molecule has 0 bridgehead atoms. The Labute approximate surface area is 153 Å². The van der Waals surface area contributed by atoms with Crippen molar-refractivity contribution in [2.24, 2.45) is 0 Å². The molecule has 138 valence electrons. The van der Waals surface area contributed by atoms with Crippen LogP contribution in [0.4, 0.5) is 15.8 Å². The van der Waals surface area contributed by atoms with Crippen LogP contribution < -0.4 is 20.9 Å². The molecule has 0 fully saturated rings. The van der Waals surface area contributed by atoms with Gasteiger partial charge in [-0.2, -0.15) is 0 Å². The number of anilines is 2. The molecule has 1 aliphatic rings. The van der Waals surface area contributed by atoms with Gasteiger partial charge in [0.15, 0.2) is 11.6 Å². The number of benzene rings is 1. The first-order chi connectivity index (χ1) is 13.1. The van der Waals surface area contributed by atoms with E-state index in [-0.39, 0.29) is 17.2 Å². The fourth-order valence-corrected chi connectivity index (χ4v) is 3.24. The van der Waals surface area contributed by atoms with Crippen molar-refractivity contribution in [3.63, 3.8) is 0 Å². The first kappa shape index (κ1) is 16.9. The summed E-state index contributed by atoms with van der Waals surface area (Å²) in [4.78, 5) is 29.8. The van der Waals surface area contributed by atoms with Crippen molar-refractivity contribution < 1.29 is 13.9 Å². The van der Waals surface area contributed by atoms with E-state index in [2.05, 4.69) is 20.6 Å². The molecular formula is C19H17FN4O3. The second-order valence-electron chi connectivity index (χ2n) is 6.12. The van der Waals surface area contributed by atoms with Gasteiger partial charge in [0, 0.05) is 36.5 Å². The molecule has 4 rings (SSSR count). The summed E-state index contributed by atoms with van der Waals surface area (Å²) in [5.41, 5.74) is 3.22. The minimum Gasteiger partial charge on any atom is -0.492 e. The molecule has 7 nitrogen and oxygen atoms in total. The van der Waals surface area contributed by atoms with Gasteiger partial charge in [-0.05, 0) is 18.2 Å². The zero-order valence-electron chi connectivity index (χ0n) is 14.5. The highest BCUT2D eigenvalue weighted by molar-refractivity contribution is 6.06.